The molecule has 0 aliphatic rings. The molecular weight excluding hydrogens is 453 g/mol. The van der Waals surface area contributed by atoms with E-state index in [1.807, 2.05) is 18.2 Å². The molecule has 1 atom stereocenters. The first-order valence-corrected chi connectivity index (χ1v) is 11.4. The van der Waals surface area contributed by atoms with E-state index in [4.69, 9.17) is 14.5 Å². The zero-order valence-electron chi connectivity index (χ0n) is 18.1. The zero-order valence-corrected chi connectivity index (χ0v) is 19.0. The number of phosphoric acid groups is 1. The summed E-state index contributed by atoms with van der Waals surface area (Å²) in [5.41, 5.74) is 3.99. The van der Waals surface area contributed by atoms with Gasteiger partial charge in [-0.1, -0.05) is 24.3 Å². The molecule has 0 heterocycles. The molecule has 33 heavy (non-hydrogen) atoms. The van der Waals surface area contributed by atoms with Crippen LogP contribution in [0.25, 0.3) is 0 Å². The number of ether oxygens (including phenoxy) is 1. The number of carbonyl (C=O) groups excluding carboxylic acids is 3. The number of carbonyl (C=O) groups is 3. The molecule has 0 fully saturated rings. The summed E-state index contributed by atoms with van der Waals surface area (Å²) >= 11 is 0. The van der Waals surface area contributed by atoms with Crippen LogP contribution in [0, 0.1) is 0 Å². The summed E-state index contributed by atoms with van der Waals surface area (Å²) in [6, 6.07) is 12.0. The number of methoxy groups -OCH3 is 1. The van der Waals surface area contributed by atoms with Crippen LogP contribution in [0.15, 0.2) is 48.5 Å². The van der Waals surface area contributed by atoms with Crippen molar-refractivity contribution in [1.29, 1.82) is 0 Å². The maximum Gasteiger partial charge on any atom is 0.524 e. The average molecular weight is 479 g/mol. The van der Waals surface area contributed by atoms with Crippen LogP contribution in [-0.2, 0) is 31.8 Å². The van der Waals surface area contributed by atoms with Crippen molar-refractivity contribution in [2.75, 3.05) is 13.7 Å². The normalized spacial score (nSPS) is 11.8. The smallest absolute Gasteiger partial charge is 0.497 e. The Kier molecular flexibility index (Phi) is 9.41. The third-order valence-corrected chi connectivity index (χ3v) is 4.89. The van der Waals surface area contributed by atoms with Crippen molar-refractivity contribution in [1.82, 2.24) is 15.8 Å². The molecule has 3 amide bonds. The van der Waals surface area contributed by atoms with Gasteiger partial charge in [-0.05, 0) is 41.8 Å². The minimum atomic E-state index is -4.68. The molecule has 0 saturated heterocycles. The Morgan fingerprint density at radius 2 is 1.82 bits per heavy atom. The monoisotopic (exact) mass is 479 g/mol. The number of nitrogens with one attached hydrogen (secondary N) is 2. The second-order valence-electron chi connectivity index (χ2n) is 7.06. The molecule has 2 aromatic carbocycles. The van der Waals surface area contributed by atoms with Gasteiger partial charge in [0.25, 0.3) is 5.91 Å². The van der Waals surface area contributed by atoms with Gasteiger partial charge in [0.05, 0.1) is 7.11 Å². The summed E-state index contributed by atoms with van der Waals surface area (Å²) < 4.78 is 20.6. The summed E-state index contributed by atoms with van der Waals surface area (Å²) in [5.74, 6) is -0.404. The third kappa shape index (κ3) is 9.32. The molecule has 0 aliphatic heterocycles. The Balaban J connectivity index is 2.02. The number of hydrazine groups is 1. The topological polar surface area (TPSA) is 154 Å². The van der Waals surface area contributed by atoms with Crippen molar-refractivity contribution in [2.24, 2.45) is 0 Å². The van der Waals surface area contributed by atoms with E-state index in [-0.39, 0.29) is 18.7 Å². The molecule has 0 radical (unpaired) electrons. The molecule has 4 N–H and O–H groups in total. The Morgan fingerprint density at radius 1 is 1.12 bits per heavy atom. The Morgan fingerprint density at radius 3 is 2.39 bits per heavy atom. The Hall–Kier alpha value is -3.40. The molecule has 0 spiro atoms. The second-order valence-corrected chi connectivity index (χ2v) is 8.22. The Labute approximate surface area is 190 Å². The SMILES string of the molecule is COc1cccc(CCN(C=O)NC(=O)C(Cc2ccc(OP(=O)(O)O)cc2)NC(C)=O)c1. The van der Waals surface area contributed by atoms with Crippen molar-refractivity contribution in [3.05, 3.63) is 59.7 Å². The van der Waals surface area contributed by atoms with Gasteiger partial charge < -0.3 is 14.6 Å². The van der Waals surface area contributed by atoms with Crippen LogP contribution >= 0.6 is 7.82 Å². The van der Waals surface area contributed by atoms with E-state index in [1.54, 1.807) is 13.2 Å². The summed E-state index contributed by atoms with van der Waals surface area (Å²) in [6.07, 6.45) is 1.02. The molecular formula is C21H26N3O8P. The fourth-order valence-electron chi connectivity index (χ4n) is 2.95. The van der Waals surface area contributed by atoms with E-state index in [0.29, 0.717) is 24.1 Å². The summed E-state index contributed by atoms with van der Waals surface area (Å²) in [6.45, 7) is 1.46. The van der Waals surface area contributed by atoms with Crippen molar-refractivity contribution >= 4 is 26.0 Å². The van der Waals surface area contributed by atoms with Crippen LogP contribution in [0.2, 0.25) is 0 Å². The largest absolute Gasteiger partial charge is 0.524 e. The summed E-state index contributed by atoms with van der Waals surface area (Å²) in [4.78, 5) is 53.5. The van der Waals surface area contributed by atoms with Gasteiger partial charge in [-0.3, -0.25) is 34.6 Å². The molecule has 11 nitrogen and oxygen atoms in total. The number of hydrogen-bond acceptors (Lipinski definition) is 6. The molecule has 12 heteroatoms. The van der Waals surface area contributed by atoms with Gasteiger partial charge in [0.1, 0.15) is 17.5 Å². The first-order valence-electron chi connectivity index (χ1n) is 9.86. The fourth-order valence-corrected chi connectivity index (χ4v) is 3.34. The van der Waals surface area contributed by atoms with Gasteiger partial charge >= 0.3 is 7.82 Å². The number of rotatable bonds is 12. The molecule has 178 valence electrons. The molecule has 1 unspecified atom stereocenters. The van der Waals surface area contributed by atoms with E-state index in [1.165, 1.54) is 31.2 Å². The van der Waals surface area contributed by atoms with Gasteiger partial charge in [-0.25, -0.2) is 4.57 Å². The molecule has 0 bridgehead atoms. The van der Waals surface area contributed by atoms with Crippen LogP contribution in [0.1, 0.15) is 18.1 Å². The molecule has 0 aromatic heterocycles. The number of benzene rings is 2. The highest BCUT2D eigenvalue weighted by atomic mass is 31.2. The number of hydrogen-bond donors (Lipinski definition) is 4. The maximum atomic E-state index is 12.7. The van der Waals surface area contributed by atoms with Crippen LogP contribution < -0.4 is 20.0 Å². The highest BCUT2D eigenvalue weighted by Gasteiger charge is 2.22. The van der Waals surface area contributed by atoms with Crippen molar-refractivity contribution in [2.45, 2.75) is 25.8 Å². The molecule has 0 saturated carbocycles. The highest BCUT2D eigenvalue weighted by molar-refractivity contribution is 7.46. The molecule has 0 aliphatic carbocycles. The minimum absolute atomic E-state index is 0.0442. The zero-order chi connectivity index (χ0) is 24.4. The van der Waals surface area contributed by atoms with E-state index < -0.39 is 25.7 Å². The van der Waals surface area contributed by atoms with Crippen LogP contribution in [-0.4, -0.2) is 52.7 Å². The van der Waals surface area contributed by atoms with Crippen LogP contribution in [0.4, 0.5) is 0 Å². The number of amides is 3. The lowest BCUT2D eigenvalue weighted by Crippen LogP contribution is -2.53. The predicted octanol–water partition coefficient (Wildman–Crippen LogP) is 0.946. The second kappa shape index (κ2) is 12.0. The van der Waals surface area contributed by atoms with Gasteiger partial charge in [-0.2, -0.15) is 0 Å². The maximum absolute atomic E-state index is 12.7. The lowest BCUT2D eigenvalue weighted by Gasteiger charge is -2.23. The average Bonchev–Trinajstić information content (AvgIpc) is 2.76. The fraction of sp³-hybridized carbons (Fsp3) is 0.286. The van der Waals surface area contributed by atoms with Gasteiger partial charge in [0.2, 0.25) is 12.3 Å². The third-order valence-electron chi connectivity index (χ3n) is 4.44. The lowest BCUT2D eigenvalue weighted by molar-refractivity contribution is -0.136. The van der Waals surface area contributed by atoms with Gasteiger partial charge in [-0.15, -0.1) is 0 Å². The van der Waals surface area contributed by atoms with Crippen LogP contribution in [0.5, 0.6) is 11.5 Å². The quantitative estimate of drug-likeness (QED) is 0.199. The molecule has 2 aromatic rings. The standard InChI is InChI=1S/C21H26N3O8P/c1-15(26)22-20(13-17-6-8-18(9-7-17)32-33(28,29)30)21(27)23-24(14-25)11-10-16-4-3-5-19(12-16)31-2/h3-9,12,14,20H,10-11,13H2,1-2H3,(H,22,26)(H,23,27)(H2,28,29,30). The van der Waals surface area contributed by atoms with Crippen molar-refractivity contribution in [3.63, 3.8) is 0 Å². The first-order chi connectivity index (χ1) is 15.6. The molecule has 2 rings (SSSR count). The predicted molar refractivity (Wildman–Crippen MR) is 118 cm³/mol. The van der Waals surface area contributed by atoms with Gasteiger partial charge in [0, 0.05) is 19.9 Å². The van der Waals surface area contributed by atoms with E-state index in [9.17, 15) is 18.9 Å². The first kappa shape index (κ1) is 25.9. The minimum Gasteiger partial charge on any atom is -0.497 e. The van der Waals surface area contributed by atoms with E-state index in [2.05, 4.69) is 15.3 Å². The van der Waals surface area contributed by atoms with Gasteiger partial charge in [0.15, 0.2) is 0 Å². The Bertz CT molecular complexity index is 1010. The van der Waals surface area contributed by atoms with Crippen LogP contribution in [0.3, 0.4) is 0 Å². The summed E-state index contributed by atoms with van der Waals surface area (Å²) in [5, 5.41) is 3.62. The lowest BCUT2D eigenvalue weighted by atomic mass is 10.1. The highest BCUT2D eigenvalue weighted by Crippen LogP contribution is 2.37. The van der Waals surface area contributed by atoms with Crippen molar-refractivity contribution < 1.29 is 38.0 Å². The number of nitrogens with zero attached hydrogens (tertiary/aromatic N) is 1. The van der Waals surface area contributed by atoms with E-state index >= 15 is 0 Å². The van der Waals surface area contributed by atoms with Crippen molar-refractivity contribution in [3.8, 4) is 11.5 Å². The summed E-state index contributed by atoms with van der Waals surface area (Å²) in [7, 11) is -3.13. The van der Waals surface area contributed by atoms with E-state index in [0.717, 1.165) is 10.6 Å². The number of phosphoric ester groups is 1.